The summed E-state index contributed by atoms with van der Waals surface area (Å²) in [5.41, 5.74) is 3.89. The maximum Gasteiger partial charge on any atom is 0.0537 e. The van der Waals surface area contributed by atoms with Crippen molar-refractivity contribution in [3.63, 3.8) is 0 Å². The van der Waals surface area contributed by atoms with Crippen molar-refractivity contribution in [2.24, 2.45) is 7.05 Å². The number of hydrogen-bond donors (Lipinski definition) is 1. The molecule has 0 radical (unpaired) electrons. The van der Waals surface area contributed by atoms with Gasteiger partial charge in [-0.3, -0.25) is 9.67 Å². The highest BCUT2D eigenvalue weighted by Crippen LogP contribution is 2.39. The monoisotopic (exact) mass is 242 g/mol. The average Bonchev–Trinajstić information content (AvgIpc) is 2.98. The van der Waals surface area contributed by atoms with Crippen molar-refractivity contribution in [3.8, 4) is 0 Å². The maximum atomic E-state index is 4.57. The molecule has 0 bridgehead atoms. The molecule has 3 rings (SSSR count). The molecular formula is C14H18N4. The summed E-state index contributed by atoms with van der Waals surface area (Å²) in [5.74, 6) is 0.454. The molecule has 2 aromatic rings. The minimum absolute atomic E-state index is 0.301. The number of nitrogens with zero attached hydrogens (tertiary/aromatic N) is 3. The van der Waals surface area contributed by atoms with Crippen molar-refractivity contribution >= 4 is 0 Å². The Bertz CT molecular complexity index is 546. The van der Waals surface area contributed by atoms with Crippen molar-refractivity contribution in [2.75, 3.05) is 7.05 Å². The van der Waals surface area contributed by atoms with Gasteiger partial charge in [-0.05, 0) is 31.5 Å². The minimum atomic E-state index is 0.301. The lowest BCUT2D eigenvalue weighted by atomic mass is 9.93. The second-order valence-corrected chi connectivity index (χ2v) is 4.91. The van der Waals surface area contributed by atoms with Crippen LogP contribution in [0.1, 0.15) is 35.2 Å². The first-order valence-electron chi connectivity index (χ1n) is 6.39. The van der Waals surface area contributed by atoms with Crippen LogP contribution in [0.2, 0.25) is 0 Å². The number of hydrogen-bond acceptors (Lipinski definition) is 3. The summed E-state index contributed by atoms with van der Waals surface area (Å²) in [4.78, 5) is 4.57. The van der Waals surface area contributed by atoms with E-state index in [0.29, 0.717) is 12.0 Å². The topological polar surface area (TPSA) is 42.7 Å². The Hall–Kier alpha value is -1.68. The van der Waals surface area contributed by atoms with Crippen LogP contribution in [0.5, 0.6) is 0 Å². The molecule has 0 spiro atoms. The Labute approximate surface area is 107 Å². The Morgan fingerprint density at radius 2 is 2.39 bits per heavy atom. The lowest BCUT2D eigenvalue weighted by Crippen LogP contribution is -2.22. The molecule has 2 atom stereocenters. The van der Waals surface area contributed by atoms with Crippen LogP contribution in [0.15, 0.2) is 30.7 Å². The van der Waals surface area contributed by atoms with Crippen molar-refractivity contribution in [1.29, 1.82) is 0 Å². The zero-order valence-corrected chi connectivity index (χ0v) is 10.8. The third-order valence-corrected chi connectivity index (χ3v) is 3.80. The maximum absolute atomic E-state index is 4.57. The van der Waals surface area contributed by atoms with Crippen molar-refractivity contribution in [3.05, 3.63) is 47.5 Å². The summed E-state index contributed by atoms with van der Waals surface area (Å²) in [6.07, 6.45) is 8.22. The summed E-state index contributed by atoms with van der Waals surface area (Å²) in [5, 5.41) is 7.69. The largest absolute Gasteiger partial charge is 0.312 e. The standard InChI is InChI=1S/C14H18N4/c1-15-13(11-8-17-18(2)9-11)12-6-5-10-4-3-7-16-14(10)12/h3-4,7-9,12-13,15H,5-6H2,1-2H3. The van der Waals surface area contributed by atoms with Crippen LogP contribution in [0.3, 0.4) is 0 Å². The average molecular weight is 242 g/mol. The zero-order valence-electron chi connectivity index (χ0n) is 10.8. The molecule has 2 heterocycles. The van der Waals surface area contributed by atoms with Crippen LogP contribution in [-0.4, -0.2) is 21.8 Å². The van der Waals surface area contributed by atoms with Gasteiger partial charge in [0.2, 0.25) is 0 Å². The smallest absolute Gasteiger partial charge is 0.0537 e. The highest BCUT2D eigenvalue weighted by atomic mass is 15.2. The molecule has 1 aliphatic carbocycles. The molecule has 1 aliphatic rings. The van der Waals surface area contributed by atoms with Gasteiger partial charge in [-0.25, -0.2) is 0 Å². The van der Waals surface area contributed by atoms with E-state index in [1.54, 1.807) is 0 Å². The van der Waals surface area contributed by atoms with E-state index >= 15 is 0 Å². The molecule has 4 heteroatoms. The van der Waals surface area contributed by atoms with Crippen LogP contribution < -0.4 is 5.32 Å². The van der Waals surface area contributed by atoms with Crippen LogP contribution in [0, 0.1) is 0 Å². The number of aryl methyl sites for hydroxylation is 2. The second-order valence-electron chi connectivity index (χ2n) is 4.91. The predicted octanol–water partition coefficient (Wildman–Crippen LogP) is 1.81. The van der Waals surface area contributed by atoms with E-state index in [4.69, 9.17) is 0 Å². The van der Waals surface area contributed by atoms with E-state index in [9.17, 15) is 0 Å². The molecular weight excluding hydrogens is 224 g/mol. The summed E-state index contributed by atoms with van der Waals surface area (Å²) in [7, 11) is 3.97. The number of likely N-dealkylation sites (N-methyl/N-ethyl adjacent to an activating group) is 1. The third kappa shape index (κ3) is 1.82. The van der Waals surface area contributed by atoms with Crippen molar-refractivity contribution < 1.29 is 0 Å². The van der Waals surface area contributed by atoms with Crippen LogP contribution in [0.25, 0.3) is 0 Å². The number of rotatable bonds is 3. The van der Waals surface area contributed by atoms with E-state index in [1.807, 2.05) is 37.2 Å². The van der Waals surface area contributed by atoms with Crippen LogP contribution >= 0.6 is 0 Å². The van der Waals surface area contributed by atoms with Gasteiger partial charge in [-0.15, -0.1) is 0 Å². The van der Waals surface area contributed by atoms with E-state index in [0.717, 1.165) is 12.8 Å². The van der Waals surface area contributed by atoms with Gasteiger partial charge in [0.15, 0.2) is 0 Å². The van der Waals surface area contributed by atoms with Gasteiger partial charge in [-0.2, -0.15) is 5.10 Å². The quantitative estimate of drug-likeness (QED) is 0.892. The van der Waals surface area contributed by atoms with Crippen LogP contribution in [-0.2, 0) is 13.5 Å². The number of aromatic nitrogens is 3. The molecule has 0 amide bonds. The fourth-order valence-electron chi connectivity index (χ4n) is 2.97. The van der Waals surface area contributed by atoms with E-state index in [2.05, 4.69) is 27.7 Å². The summed E-state index contributed by atoms with van der Waals surface area (Å²) >= 11 is 0. The SMILES string of the molecule is CNC(c1cnn(C)c1)C1CCc2cccnc21. The van der Waals surface area contributed by atoms with Crippen LogP contribution in [0.4, 0.5) is 0 Å². The fraction of sp³-hybridized carbons (Fsp3) is 0.429. The fourth-order valence-corrected chi connectivity index (χ4v) is 2.97. The number of fused-ring (bicyclic) bond motifs is 1. The third-order valence-electron chi connectivity index (χ3n) is 3.80. The van der Waals surface area contributed by atoms with Crippen molar-refractivity contribution in [1.82, 2.24) is 20.1 Å². The molecule has 0 fully saturated rings. The first-order valence-corrected chi connectivity index (χ1v) is 6.39. The highest BCUT2D eigenvalue weighted by molar-refractivity contribution is 5.32. The first kappa shape index (κ1) is 11.4. The molecule has 2 unspecified atom stereocenters. The minimum Gasteiger partial charge on any atom is -0.312 e. The molecule has 0 saturated carbocycles. The van der Waals surface area contributed by atoms with Crippen molar-refractivity contribution in [2.45, 2.75) is 24.8 Å². The van der Waals surface area contributed by atoms with Gasteiger partial charge >= 0.3 is 0 Å². The predicted molar refractivity (Wildman–Crippen MR) is 70.3 cm³/mol. The molecule has 2 aromatic heterocycles. The zero-order chi connectivity index (χ0) is 12.5. The van der Waals surface area contributed by atoms with Gasteiger partial charge in [-0.1, -0.05) is 6.07 Å². The molecule has 1 N–H and O–H groups in total. The number of nitrogens with one attached hydrogen (secondary N) is 1. The first-order chi connectivity index (χ1) is 8.79. The molecule has 0 aromatic carbocycles. The van der Waals surface area contributed by atoms with E-state index in [1.165, 1.54) is 16.8 Å². The van der Waals surface area contributed by atoms with Gasteiger partial charge < -0.3 is 5.32 Å². The summed E-state index contributed by atoms with van der Waals surface area (Å²) in [6.45, 7) is 0. The Morgan fingerprint density at radius 1 is 1.50 bits per heavy atom. The molecule has 4 nitrogen and oxygen atoms in total. The van der Waals surface area contributed by atoms with E-state index in [-0.39, 0.29) is 0 Å². The van der Waals surface area contributed by atoms with E-state index < -0.39 is 0 Å². The normalized spacial score (nSPS) is 19.8. The lowest BCUT2D eigenvalue weighted by Gasteiger charge is -2.22. The Kier molecular flexibility index (Phi) is 2.88. The van der Waals surface area contributed by atoms with Gasteiger partial charge in [0.25, 0.3) is 0 Å². The molecule has 18 heavy (non-hydrogen) atoms. The molecule has 0 saturated heterocycles. The number of pyridine rings is 1. The summed E-state index contributed by atoms with van der Waals surface area (Å²) < 4.78 is 1.86. The lowest BCUT2D eigenvalue weighted by molar-refractivity contribution is 0.470. The molecule has 94 valence electrons. The Morgan fingerprint density at radius 3 is 3.11 bits per heavy atom. The Balaban J connectivity index is 1.95. The van der Waals surface area contributed by atoms with Gasteiger partial charge in [0.05, 0.1) is 6.20 Å². The molecule has 0 aliphatic heterocycles. The van der Waals surface area contributed by atoms with Gasteiger partial charge in [0.1, 0.15) is 0 Å². The van der Waals surface area contributed by atoms with Gasteiger partial charge in [0, 0.05) is 42.7 Å². The second kappa shape index (κ2) is 4.53. The summed E-state index contributed by atoms with van der Waals surface area (Å²) in [6, 6.07) is 4.52. The highest BCUT2D eigenvalue weighted by Gasteiger charge is 2.31.